The molecule has 1 atom stereocenters. The Kier molecular flexibility index (Phi) is 4.47. The molecule has 1 unspecified atom stereocenters. The van der Waals surface area contributed by atoms with Crippen LogP contribution in [0.25, 0.3) is 0 Å². The van der Waals surface area contributed by atoms with E-state index in [-0.39, 0.29) is 30.2 Å². The zero-order valence-corrected chi connectivity index (χ0v) is 15.3. The van der Waals surface area contributed by atoms with E-state index in [2.05, 4.69) is 21.3 Å². The highest BCUT2D eigenvalue weighted by molar-refractivity contribution is 6.07. The molecule has 13 heteroatoms. The lowest BCUT2D eigenvalue weighted by molar-refractivity contribution is -0.137. The minimum Gasteiger partial charge on any atom is -0.479 e. The fraction of sp³-hybridized carbons (Fsp3) is 0.412. The van der Waals surface area contributed by atoms with Crippen molar-refractivity contribution < 1.29 is 37.1 Å². The maximum absolute atomic E-state index is 13.2. The Morgan fingerprint density at radius 1 is 1.20 bits per heavy atom. The van der Waals surface area contributed by atoms with E-state index >= 15 is 0 Å². The van der Waals surface area contributed by atoms with Gasteiger partial charge in [-0.3, -0.25) is 14.9 Å². The first-order valence-corrected chi connectivity index (χ1v) is 8.95. The molecule has 6 amide bonds. The molecule has 0 radical (unpaired) electrons. The molecule has 4 rings (SSSR count). The highest BCUT2D eigenvalue weighted by atomic mass is 19.4. The first-order chi connectivity index (χ1) is 14.1. The van der Waals surface area contributed by atoms with Crippen LogP contribution in [0, 0.1) is 0 Å². The molecule has 0 bridgehead atoms. The summed E-state index contributed by atoms with van der Waals surface area (Å²) in [7, 11) is 0. The highest BCUT2D eigenvalue weighted by Gasteiger charge is 2.49. The van der Waals surface area contributed by atoms with E-state index < -0.39 is 47.8 Å². The number of carbonyl (C=O) groups is 4. The molecule has 1 aromatic carbocycles. The molecule has 0 saturated carbocycles. The molecule has 3 heterocycles. The van der Waals surface area contributed by atoms with Gasteiger partial charge in [-0.25, -0.2) is 9.59 Å². The molecule has 160 valence electrons. The number of hydrogen-bond acceptors (Lipinski definition) is 5. The average molecular weight is 427 g/mol. The van der Waals surface area contributed by atoms with Crippen molar-refractivity contribution >= 4 is 35.3 Å². The van der Waals surface area contributed by atoms with E-state index in [1.165, 1.54) is 4.90 Å². The van der Waals surface area contributed by atoms with Crippen molar-refractivity contribution in [3.8, 4) is 5.75 Å². The zero-order valence-electron chi connectivity index (χ0n) is 15.3. The first-order valence-electron chi connectivity index (χ1n) is 8.95. The third-order valence-electron chi connectivity index (χ3n) is 5.07. The quantitative estimate of drug-likeness (QED) is 0.502. The number of fused-ring (bicyclic) bond motifs is 1. The average Bonchev–Trinajstić information content (AvgIpc) is 2.92. The number of urea groups is 2. The Hall–Kier alpha value is -3.51. The first kappa shape index (κ1) is 19.8. The van der Waals surface area contributed by atoms with Crippen LogP contribution in [0.1, 0.15) is 18.4 Å². The van der Waals surface area contributed by atoms with Gasteiger partial charge in [-0.05, 0) is 25.0 Å². The maximum Gasteiger partial charge on any atom is 0.416 e. The van der Waals surface area contributed by atoms with Crippen LogP contribution in [0.15, 0.2) is 12.1 Å². The summed E-state index contributed by atoms with van der Waals surface area (Å²) >= 11 is 0. The number of nitrogens with zero attached hydrogens (tertiary/aromatic N) is 1. The number of benzene rings is 1. The molecule has 0 aliphatic carbocycles. The highest BCUT2D eigenvalue weighted by Crippen LogP contribution is 2.42. The molecule has 30 heavy (non-hydrogen) atoms. The van der Waals surface area contributed by atoms with Gasteiger partial charge in [-0.1, -0.05) is 0 Å². The lowest BCUT2D eigenvalue weighted by Gasteiger charge is -2.38. The molecule has 4 N–H and O–H groups in total. The molecule has 1 spiro atoms. The number of rotatable bonds is 1. The van der Waals surface area contributed by atoms with Gasteiger partial charge in [0.1, 0.15) is 5.54 Å². The van der Waals surface area contributed by atoms with Crippen molar-refractivity contribution in [3.05, 3.63) is 17.7 Å². The number of carbonyl (C=O) groups excluding carboxylic acids is 4. The van der Waals surface area contributed by atoms with Gasteiger partial charge in [0, 0.05) is 6.54 Å². The number of hydrogen-bond donors (Lipinski definition) is 4. The number of alkyl halides is 3. The fourth-order valence-electron chi connectivity index (χ4n) is 3.70. The normalized spacial score (nSPS) is 23.3. The van der Waals surface area contributed by atoms with E-state index in [4.69, 9.17) is 4.74 Å². The SMILES string of the molecule is O=C1COc2c(cc(C(F)(F)F)cc2NC(=O)N2CCCC3(C2)NC(=O)NC3=O)N1. The van der Waals surface area contributed by atoms with E-state index in [9.17, 15) is 32.3 Å². The Morgan fingerprint density at radius 3 is 2.63 bits per heavy atom. The van der Waals surface area contributed by atoms with Crippen LogP contribution in [0.2, 0.25) is 0 Å². The van der Waals surface area contributed by atoms with Crippen LogP contribution >= 0.6 is 0 Å². The van der Waals surface area contributed by atoms with Crippen molar-refractivity contribution in [1.82, 2.24) is 15.5 Å². The summed E-state index contributed by atoms with van der Waals surface area (Å²) in [5.74, 6) is -1.29. The number of nitrogens with one attached hydrogen (secondary N) is 4. The monoisotopic (exact) mass is 427 g/mol. The fourth-order valence-corrected chi connectivity index (χ4v) is 3.70. The van der Waals surface area contributed by atoms with E-state index in [1.54, 1.807) is 0 Å². The Labute approximate surface area is 167 Å². The van der Waals surface area contributed by atoms with Crippen LogP contribution < -0.4 is 26.0 Å². The van der Waals surface area contributed by atoms with Gasteiger partial charge in [0.05, 0.1) is 23.5 Å². The zero-order chi connectivity index (χ0) is 21.7. The van der Waals surface area contributed by atoms with Gasteiger partial charge in [-0.2, -0.15) is 13.2 Å². The van der Waals surface area contributed by atoms with Crippen molar-refractivity contribution in [2.45, 2.75) is 24.6 Å². The lowest BCUT2D eigenvalue weighted by Crippen LogP contribution is -2.60. The third kappa shape index (κ3) is 3.46. The summed E-state index contributed by atoms with van der Waals surface area (Å²) in [6, 6.07) is -0.0164. The molecule has 3 aliphatic heterocycles. The lowest BCUT2D eigenvalue weighted by atomic mass is 9.89. The number of piperidine rings is 1. The smallest absolute Gasteiger partial charge is 0.416 e. The second kappa shape index (κ2) is 6.78. The number of halogens is 3. The van der Waals surface area contributed by atoms with Gasteiger partial charge in [0.2, 0.25) is 0 Å². The molecular weight excluding hydrogens is 411 g/mol. The Balaban J connectivity index is 1.60. The van der Waals surface area contributed by atoms with Crippen molar-refractivity contribution in [1.29, 1.82) is 0 Å². The van der Waals surface area contributed by atoms with Crippen molar-refractivity contribution in [2.24, 2.45) is 0 Å². The largest absolute Gasteiger partial charge is 0.479 e. The Morgan fingerprint density at radius 2 is 1.97 bits per heavy atom. The van der Waals surface area contributed by atoms with E-state index in [0.29, 0.717) is 18.9 Å². The summed E-state index contributed by atoms with van der Waals surface area (Å²) in [6.07, 6.45) is -4.01. The van der Waals surface area contributed by atoms with Crippen LogP contribution in [-0.2, 0) is 15.8 Å². The second-order valence-corrected chi connectivity index (χ2v) is 7.18. The summed E-state index contributed by atoms with van der Waals surface area (Å²) in [6.45, 7) is -0.328. The van der Waals surface area contributed by atoms with Crippen molar-refractivity contribution in [3.63, 3.8) is 0 Å². The van der Waals surface area contributed by atoms with Gasteiger partial charge in [0.25, 0.3) is 11.8 Å². The standard InChI is InChI=1S/C17H16F3N5O5/c18-17(19,20)8-4-9-12(30-6-11(26)21-9)10(5-8)22-15(29)25-3-1-2-16(7-25)13(27)23-14(28)24-16/h4-5H,1-3,6-7H2,(H,21,26)(H,22,29)(H2,23,24,27,28). The van der Waals surface area contributed by atoms with Crippen molar-refractivity contribution in [2.75, 3.05) is 30.3 Å². The van der Waals surface area contributed by atoms with Gasteiger partial charge in [0.15, 0.2) is 12.4 Å². The van der Waals surface area contributed by atoms with Crippen LogP contribution in [-0.4, -0.2) is 54.0 Å². The minimum absolute atomic E-state index is 0.102. The van der Waals surface area contributed by atoms with Gasteiger partial charge < -0.3 is 25.6 Å². The van der Waals surface area contributed by atoms with Crippen LogP contribution in [0.4, 0.5) is 34.1 Å². The predicted molar refractivity (Wildman–Crippen MR) is 94.8 cm³/mol. The molecular formula is C17H16F3N5O5. The number of anilines is 2. The molecule has 1 aromatic rings. The number of imide groups is 1. The summed E-state index contributed by atoms with van der Waals surface area (Å²) in [4.78, 5) is 49.1. The van der Waals surface area contributed by atoms with E-state index in [1.807, 2.05) is 0 Å². The maximum atomic E-state index is 13.2. The molecule has 10 nitrogen and oxygen atoms in total. The second-order valence-electron chi connectivity index (χ2n) is 7.18. The van der Waals surface area contributed by atoms with E-state index in [0.717, 1.165) is 6.07 Å². The summed E-state index contributed by atoms with van der Waals surface area (Å²) in [5.41, 5.74) is -2.84. The molecule has 2 saturated heterocycles. The molecule has 3 aliphatic rings. The predicted octanol–water partition coefficient (Wildman–Crippen LogP) is 1.24. The minimum atomic E-state index is -4.72. The van der Waals surface area contributed by atoms with Gasteiger partial charge >= 0.3 is 18.2 Å². The summed E-state index contributed by atoms with van der Waals surface area (Å²) < 4.78 is 45.0. The molecule has 0 aromatic heterocycles. The summed E-state index contributed by atoms with van der Waals surface area (Å²) in [5, 5.41) is 9.28. The van der Waals surface area contributed by atoms with Crippen LogP contribution in [0.5, 0.6) is 5.75 Å². The number of amides is 6. The number of ether oxygens (including phenoxy) is 1. The molecule has 2 fully saturated rings. The van der Waals surface area contributed by atoms with Gasteiger partial charge in [-0.15, -0.1) is 0 Å². The number of likely N-dealkylation sites (tertiary alicyclic amines) is 1. The Bertz CT molecular complexity index is 966. The third-order valence-corrected chi connectivity index (χ3v) is 5.07. The van der Waals surface area contributed by atoms with Crippen LogP contribution in [0.3, 0.4) is 0 Å². The topological polar surface area (TPSA) is 129 Å².